The van der Waals surface area contributed by atoms with Gasteiger partial charge in [-0.05, 0) is 73.5 Å². The zero-order valence-electron chi connectivity index (χ0n) is 25.3. The maximum Gasteiger partial charge on any atom is 0.387 e. The van der Waals surface area contributed by atoms with Crippen LogP contribution in [0.15, 0.2) is 82.6 Å². The molecule has 0 saturated carbocycles. The summed E-state index contributed by atoms with van der Waals surface area (Å²) in [6.45, 7) is -5.87. The summed E-state index contributed by atoms with van der Waals surface area (Å²) in [5.41, 5.74) is 4.23. The average Bonchev–Trinajstić information content (AvgIpc) is 3.81. The van der Waals surface area contributed by atoms with Crippen LogP contribution in [0.2, 0.25) is 10.0 Å². The molecule has 6 atom stereocenters. The Bertz CT molecular complexity index is 2270. The Morgan fingerprint density at radius 2 is 1.08 bits per heavy atom. The molecule has 50 heavy (non-hydrogen) atoms. The summed E-state index contributed by atoms with van der Waals surface area (Å²) in [7, 11) is -2.74. The van der Waals surface area contributed by atoms with E-state index in [1.54, 1.807) is 48.5 Å². The van der Waals surface area contributed by atoms with Crippen LogP contribution in [-0.4, -0.2) is 40.7 Å². The van der Waals surface area contributed by atoms with Crippen molar-refractivity contribution in [1.82, 2.24) is 19.1 Å². The summed E-state index contributed by atoms with van der Waals surface area (Å²) >= 11 is 12.2. The Labute approximate surface area is 295 Å². The van der Waals surface area contributed by atoms with Crippen LogP contribution in [0, 0.1) is 0 Å². The fourth-order valence-corrected chi connectivity index (χ4v) is 11.4. The summed E-state index contributed by atoms with van der Waals surface area (Å²) in [4.78, 5) is 10.3. The standard InChI is InChI=1S/2C17H11ClF2N2O2S/c2*18-8-4-5-9-10(6-8)22-11-7-14(16(22)21-9)25(23)13-3-1-2-12(15(11)13)24-17(19)20/h2*1-6,11,14,17H,7H2/t11-,14+,25+;11-,14+,25-/m00/s1. The molecule has 0 spiro atoms. The number of nitrogens with zero attached hydrogens (tertiary/aromatic N) is 4. The minimum atomic E-state index is -2.94. The number of rotatable bonds is 4. The van der Waals surface area contributed by atoms with Crippen molar-refractivity contribution in [2.75, 3.05) is 0 Å². The fraction of sp³-hybridized carbons (Fsp3) is 0.235. The molecule has 0 radical (unpaired) electrons. The van der Waals surface area contributed by atoms with Crippen molar-refractivity contribution >= 4 is 66.9 Å². The normalized spacial score (nSPS) is 23.8. The van der Waals surface area contributed by atoms with Crippen molar-refractivity contribution in [2.24, 2.45) is 0 Å². The van der Waals surface area contributed by atoms with E-state index in [-0.39, 0.29) is 34.1 Å². The second-order valence-electron chi connectivity index (χ2n) is 12.1. The first-order chi connectivity index (χ1) is 24.1. The van der Waals surface area contributed by atoms with E-state index in [2.05, 4.69) is 9.97 Å². The molecular formula is C34H22Cl2F4N4O4S2. The van der Waals surface area contributed by atoms with Crippen LogP contribution < -0.4 is 9.47 Å². The van der Waals surface area contributed by atoms with Crippen molar-refractivity contribution in [2.45, 2.75) is 58.4 Å². The molecule has 16 heteroatoms. The monoisotopic (exact) mass is 760 g/mol. The first-order valence-corrected chi connectivity index (χ1v) is 18.6. The Hall–Kier alpha value is -3.98. The van der Waals surface area contributed by atoms with Crippen LogP contribution in [0.1, 0.15) is 58.2 Å². The Kier molecular flexibility index (Phi) is 7.54. The van der Waals surface area contributed by atoms with Gasteiger partial charge in [-0.3, -0.25) is 8.42 Å². The van der Waals surface area contributed by atoms with Crippen molar-refractivity contribution in [1.29, 1.82) is 0 Å². The van der Waals surface area contributed by atoms with Crippen molar-refractivity contribution in [3.05, 3.63) is 106 Å². The molecule has 2 aromatic heterocycles. The van der Waals surface area contributed by atoms with Gasteiger partial charge in [0.25, 0.3) is 0 Å². The third-order valence-corrected chi connectivity index (χ3v) is 13.4. The second-order valence-corrected chi connectivity index (χ2v) is 16.2. The van der Waals surface area contributed by atoms with E-state index in [0.717, 1.165) is 22.1 Å². The molecule has 4 aromatic carbocycles. The maximum atomic E-state index is 13.0. The van der Waals surface area contributed by atoms with Crippen LogP contribution >= 0.6 is 23.2 Å². The zero-order chi connectivity index (χ0) is 34.6. The molecule has 0 unspecified atom stereocenters. The highest BCUT2D eigenvalue weighted by atomic mass is 35.5. The molecule has 0 aliphatic carbocycles. The minimum Gasteiger partial charge on any atom is -0.434 e. The van der Waals surface area contributed by atoms with Crippen LogP contribution in [0.3, 0.4) is 0 Å². The smallest absolute Gasteiger partial charge is 0.387 e. The molecule has 0 saturated heterocycles. The number of aromatic nitrogens is 4. The summed E-state index contributed by atoms with van der Waals surface area (Å²) in [6.07, 6.45) is 1.10. The SMILES string of the molecule is O=[S@@]1c2cccc(OC(F)F)c2[C@@H]2C[C@@H]1c1nc3ccc(Cl)cc3n12.O=[S@]1c2cccc(OC(F)F)c2[C@@H]2C[C@@H]1c1nc3ccc(Cl)cc3n12. The number of imidazole rings is 2. The molecule has 8 nitrogen and oxygen atoms in total. The van der Waals surface area contributed by atoms with E-state index in [9.17, 15) is 26.0 Å². The highest BCUT2D eigenvalue weighted by molar-refractivity contribution is 7.85. The second kappa shape index (κ2) is 11.8. The number of benzene rings is 4. The molecule has 6 heterocycles. The third-order valence-electron chi connectivity index (χ3n) is 9.53. The van der Waals surface area contributed by atoms with Gasteiger partial charge in [0.15, 0.2) is 0 Å². The highest BCUT2D eigenvalue weighted by Gasteiger charge is 2.47. The number of ether oxygens (including phenoxy) is 2. The summed E-state index contributed by atoms with van der Waals surface area (Å²) in [5, 5.41) is 0.612. The summed E-state index contributed by atoms with van der Waals surface area (Å²) in [6, 6.07) is 19.8. The lowest BCUT2D eigenvalue weighted by Gasteiger charge is -2.25. The fourth-order valence-electron chi connectivity index (χ4n) is 7.73. The lowest BCUT2D eigenvalue weighted by molar-refractivity contribution is -0.0515. The molecular weight excluding hydrogens is 739 g/mol. The average molecular weight is 762 g/mol. The molecule has 0 fully saturated rings. The first kappa shape index (κ1) is 32.0. The minimum absolute atomic E-state index is 0.0704. The van der Waals surface area contributed by atoms with Crippen LogP contribution in [0.5, 0.6) is 11.5 Å². The van der Waals surface area contributed by atoms with Crippen molar-refractivity contribution in [3.8, 4) is 11.5 Å². The van der Waals surface area contributed by atoms with E-state index < -0.39 is 34.8 Å². The number of alkyl halides is 4. The number of hydrogen-bond donors (Lipinski definition) is 0. The lowest BCUT2D eigenvalue weighted by atomic mass is 10.0. The van der Waals surface area contributed by atoms with Gasteiger partial charge in [-0.1, -0.05) is 35.3 Å². The molecule has 4 aliphatic heterocycles. The Morgan fingerprint density at radius 3 is 1.48 bits per heavy atom. The van der Waals surface area contributed by atoms with Gasteiger partial charge in [-0.15, -0.1) is 0 Å². The van der Waals surface area contributed by atoms with E-state index in [0.29, 0.717) is 55.5 Å². The highest BCUT2D eigenvalue weighted by Crippen LogP contribution is 2.55. The van der Waals surface area contributed by atoms with Gasteiger partial charge in [0.05, 0.1) is 66.2 Å². The predicted molar refractivity (Wildman–Crippen MR) is 179 cm³/mol. The number of fused-ring (bicyclic) bond motifs is 18. The first-order valence-electron chi connectivity index (χ1n) is 15.4. The van der Waals surface area contributed by atoms with Gasteiger partial charge < -0.3 is 18.6 Å². The number of hydrogen-bond acceptors (Lipinski definition) is 6. The zero-order valence-corrected chi connectivity index (χ0v) is 28.5. The van der Waals surface area contributed by atoms with E-state index in [1.165, 1.54) is 12.1 Å². The van der Waals surface area contributed by atoms with Gasteiger partial charge in [-0.2, -0.15) is 17.6 Å². The molecule has 4 aliphatic rings. The lowest BCUT2D eigenvalue weighted by Crippen LogP contribution is -2.17. The molecule has 0 amide bonds. The molecule has 256 valence electrons. The molecule has 10 rings (SSSR count). The largest absolute Gasteiger partial charge is 0.434 e. The van der Waals surface area contributed by atoms with Gasteiger partial charge in [0, 0.05) is 31.0 Å². The van der Waals surface area contributed by atoms with Gasteiger partial charge in [-0.25, -0.2) is 9.97 Å². The van der Waals surface area contributed by atoms with Crippen molar-refractivity contribution < 1.29 is 35.5 Å². The Morgan fingerprint density at radius 1 is 0.660 bits per heavy atom. The molecule has 0 N–H and O–H groups in total. The van der Waals surface area contributed by atoms with Crippen molar-refractivity contribution in [3.63, 3.8) is 0 Å². The number of halogens is 6. The van der Waals surface area contributed by atoms with E-state index in [4.69, 9.17) is 32.7 Å². The van der Waals surface area contributed by atoms with E-state index in [1.807, 2.05) is 21.3 Å². The maximum absolute atomic E-state index is 13.0. The predicted octanol–water partition coefficient (Wildman–Crippen LogP) is 8.89. The Balaban J connectivity index is 0.000000135. The van der Waals surface area contributed by atoms with E-state index >= 15 is 0 Å². The quantitative estimate of drug-likeness (QED) is 0.167. The van der Waals surface area contributed by atoms with Gasteiger partial charge in [0.2, 0.25) is 0 Å². The summed E-state index contributed by atoms with van der Waals surface area (Å²) in [5.74, 6) is 1.56. The summed E-state index contributed by atoms with van der Waals surface area (Å²) < 4.78 is 90.7. The van der Waals surface area contributed by atoms with Crippen LogP contribution in [-0.2, 0) is 21.6 Å². The van der Waals surface area contributed by atoms with Gasteiger partial charge >= 0.3 is 13.2 Å². The van der Waals surface area contributed by atoms with Crippen LogP contribution in [0.25, 0.3) is 22.1 Å². The molecule has 6 aromatic rings. The molecule has 4 bridgehead atoms. The topological polar surface area (TPSA) is 88.2 Å². The van der Waals surface area contributed by atoms with Crippen LogP contribution in [0.4, 0.5) is 17.6 Å². The van der Waals surface area contributed by atoms with Gasteiger partial charge in [0.1, 0.15) is 23.1 Å². The third kappa shape index (κ3) is 4.82.